The van der Waals surface area contributed by atoms with E-state index >= 15 is 0 Å². The van der Waals surface area contributed by atoms with Gasteiger partial charge in [0, 0.05) is 24.0 Å². The van der Waals surface area contributed by atoms with Crippen LogP contribution in [0.4, 0.5) is 9.18 Å². The Morgan fingerprint density at radius 2 is 1.89 bits per heavy atom. The molecule has 37 heavy (non-hydrogen) atoms. The number of carbonyl (C=O) groups is 2. The van der Waals surface area contributed by atoms with E-state index in [4.69, 9.17) is 4.74 Å². The lowest BCUT2D eigenvalue weighted by Crippen LogP contribution is -2.46. The van der Waals surface area contributed by atoms with Crippen LogP contribution in [0.1, 0.15) is 43.6 Å². The first-order valence-electron chi connectivity index (χ1n) is 12.6. The second-order valence-corrected chi connectivity index (χ2v) is 10.6. The Morgan fingerprint density at radius 3 is 2.59 bits per heavy atom. The van der Waals surface area contributed by atoms with E-state index in [-0.39, 0.29) is 37.3 Å². The molecule has 1 atom stereocenters. The highest BCUT2D eigenvalue weighted by atomic mass is 32.1. The molecule has 2 aliphatic rings. The van der Waals surface area contributed by atoms with Crippen LogP contribution >= 0.6 is 11.3 Å². The lowest BCUT2D eigenvalue weighted by molar-refractivity contribution is -0.135. The van der Waals surface area contributed by atoms with E-state index in [0.29, 0.717) is 29.7 Å². The lowest BCUT2D eigenvalue weighted by atomic mass is 10.0. The number of fused-ring (bicyclic) bond motifs is 3. The minimum absolute atomic E-state index is 0.0742. The van der Waals surface area contributed by atoms with Gasteiger partial charge in [0.2, 0.25) is 5.91 Å². The third-order valence-electron chi connectivity index (χ3n) is 7.15. The van der Waals surface area contributed by atoms with Crippen LogP contribution in [0.15, 0.2) is 33.9 Å². The summed E-state index contributed by atoms with van der Waals surface area (Å²) in [4.78, 5) is 57.8. The Balaban J connectivity index is 1.66. The van der Waals surface area contributed by atoms with E-state index in [2.05, 4.69) is 0 Å². The van der Waals surface area contributed by atoms with Gasteiger partial charge in [-0.1, -0.05) is 0 Å². The quantitative estimate of drug-likeness (QED) is 0.518. The van der Waals surface area contributed by atoms with Gasteiger partial charge in [0.25, 0.3) is 5.56 Å². The van der Waals surface area contributed by atoms with Crippen molar-refractivity contribution < 1.29 is 18.7 Å². The van der Waals surface area contributed by atoms with Crippen LogP contribution in [0, 0.1) is 5.82 Å². The average molecular weight is 529 g/mol. The second kappa shape index (κ2) is 10.1. The zero-order valence-electron chi connectivity index (χ0n) is 20.9. The van der Waals surface area contributed by atoms with E-state index in [1.54, 1.807) is 16.7 Å². The highest BCUT2D eigenvalue weighted by Gasteiger charge is 2.30. The number of aromatic nitrogens is 2. The Kier molecular flexibility index (Phi) is 6.89. The van der Waals surface area contributed by atoms with Gasteiger partial charge in [-0.25, -0.2) is 18.5 Å². The molecule has 2 aliphatic heterocycles. The fourth-order valence-corrected chi connectivity index (χ4v) is 6.58. The maximum Gasteiger partial charge on any atom is 0.410 e. The molecule has 5 rings (SSSR count). The van der Waals surface area contributed by atoms with Gasteiger partial charge in [-0.3, -0.25) is 14.2 Å². The van der Waals surface area contributed by atoms with Crippen molar-refractivity contribution in [1.29, 1.82) is 0 Å². The monoisotopic (exact) mass is 528 g/mol. The van der Waals surface area contributed by atoms with Crippen molar-refractivity contribution in [2.24, 2.45) is 0 Å². The minimum Gasteiger partial charge on any atom is -0.450 e. The van der Waals surface area contributed by atoms with Gasteiger partial charge < -0.3 is 14.5 Å². The molecule has 196 valence electrons. The highest BCUT2D eigenvalue weighted by molar-refractivity contribution is 7.18. The van der Waals surface area contributed by atoms with Crippen molar-refractivity contribution in [2.45, 2.75) is 58.7 Å². The zero-order chi connectivity index (χ0) is 26.3. The van der Waals surface area contributed by atoms with Crippen LogP contribution in [0.5, 0.6) is 0 Å². The second-order valence-electron chi connectivity index (χ2n) is 9.47. The van der Waals surface area contributed by atoms with Crippen LogP contribution in [-0.2, 0) is 29.0 Å². The predicted molar refractivity (Wildman–Crippen MR) is 138 cm³/mol. The summed E-state index contributed by atoms with van der Waals surface area (Å²) in [5, 5.41) is 0.368. The van der Waals surface area contributed by atoms with Gasteiger partial charge in [0.1, 0.15) is 17.2 Å². The molecule has 0 bridgehead atoms. The van der Waals surface area contributed by atoms with E-state index < -0.39 is 23.2 Å². The van der Waals surface area contributed by atoms with Crippen molar-refractivity contribution in [3.8, 4) is 5.69 Å². The van der Waals surface area contributed by atoms with E-state index in [9.17, 15) is 23.6 Å². The van der Waals surface area contributed by atoms with Gasteiger partial charge in [0.05, 0.1) is 24.2 Å². The molecule has 0 aliphatic carbocycles. The van der Waals surface area contributed by atoms with Gasteiger partial charge in [-0.2, -0.15) is 0 Å². The van der Waals surface area contributed by atoms with E-state index in [1.165, 1.54) is 40.2 Å². The number of likely N-dealkylation sites (tertiary alicyclic amines) is 1. The Labute approximate surface area is 216 Å². The molecule has 9 nitrogen and oxygen atoms in total. The Morgan fingerprint density at radius 1 is 1.14 bits per heavy atom. The third kappa shape index (κ3) is 4.56. The molecular weight excluding hydrogens is 499 g/mol. The number of amides is 2. The molecule has 1 fully saturated rings. The summed E-state index contributed by atoms with van der Waals surface area (Å²) in [7, 11) is 0. The minimum atomic E-state index is -0.650. The molecule has 1 aromatic carbocycles. The predicted octanol–water partition coefficient (Wildman–Crippen LogP) is 3.27. The molecule has 1 saturated heterocycles. The van der Waals surface area contributed by atoms with Crippen LogP contribution in [-0.4, -0.2) is 56.7 Å². The number of nitrogens with zero attached hydrogens (tertiary/aromatic N) is 4. The number of ether oxygens (including phenoxy) is 1. The highest BCUT2D eigenvalue weighted by Crippen LogP contribution is 2.33. The summed E-state index contributed by atoms with van der Waals surface area (Å²) in [6.45, 7) is 5.05. The first-order chi connectivity index (χ1) is 17.8. The van der Waals surface area contributed by atoms with Gasteiger partial charge in [-0.15, -0.1) is 11.3 Å². The normalized spacial score (nSPS) is 17.6. The topological polar surface area (TPSA) is 93.8 Å². The maximum absolute atomic E-state index is 13.7. The fraction of sp³-hybridized carbons (Fsp3) is 0.462. The SMILES string of the molecule is CCOC(=O)N1CCc2c(sc3c2c(=O)n(-c2ccc(F)cc2)c(=O)n3CC(=O)N2CCCC[C@H]2C)C1. The average Bonchev–Trinajstić information content (AvgIpc) is 3.27. The number of carbonyl (C=O) groups excluding carboxylic acids is 2. The summed E-state index contributed by atoms with van der Waals surface area (Å²) in [6, 6.07) is 5.21. The van der Waals surface area contributed by atoms with Crippen LogP contribution in [0.25, 0.3) is 15.9 Å². The Bertz CT molecular complexity index is 1480. The van der Waals surface area contributed by atoms with E-state index in [1.807, 2.05) is 6.92 Å². The number of hydrogen-bond donors (Lipinski definition) is 0. The molecule has 0 N–H and O–H groups in total. The van der Waals surface area contributed by atoms with Crippen molar-refractivity contribution in [2.75, 3.05) is 19.7 Å². The molecule has 11 heteroatoms. The lowest BCUT2D eigenvalue weighted by Gasteiger charge is -2.33. The molecule has 4 heterocycles. The number of thiophene rings is 1. The maximum atomic E-state index is 13.7. The molecule has 2 aromatic heterocycles. The van der Waals surface area contributed by atoms with Crippen LogP contribution < -0.4 is 11.2 Å². The summed E-state index contributed by atoms with van der Waals surface area (Å²) in [5.74, 6) is -0.668. The van der Waals surface area contributed by atoms with Gasteiger partial charge in [-0.05, 0) is 69.4 Å². The van der Waals surface area contributed by atoms with Crippen molar-refractivity contribution in [1.82, 2.24) is 18.9 Å². The van der Waals surface area contributed by atoms with Crippen molar-refractivity contribution >= 4 is 33.6 Å². The molecule has 0 radical (unpaired) electrons. The molecule has 0 spiro atoms. The summed E-state index contributed by atoms with van der Waals surface area (Å²) >= 11 is 1.26. The summed E-state index contributed by atoms with van der Waals surface area (Å²) in [5.41, 5.74) is -0.157. The van der Waals surface area contributed by atoms with Crippen LogP contribution in [0.2, 0.25) is 0 Å². The van der Waals surface area contributed by atoms with Crippen LogP contribution in [0.3, 0.4) is 0 Å². The van der Waals surface area contributed by atoms with Crippen molar-refractivity contribution in [3.05, 3.63) is 61.4 Å². The Hall–Kier alpha value is -3.47. The number of benzene rings is 1. The first-order valence-corrected chi connectivity index (χ1v) is 13.4. The van der Waals surface area contributed by atoms with E-state index in [0.717, 1.165) is 34.3 Å². The van der Waals surface area contributed by atoms with Gasteiger partial charge >= 0.3 is 11.8 Å². The number of halogens is 1. The molecule has 2 amide bonds. The first kappa shape index (κ1) is 25.2. The molecule has 0 unspecified atom stereocenters. The molecule has 3 aromatic rings. The third-order valence-corrected chi connectivity index (χ3v) is 8.39. The summed E-state index contributed by atoms with van der Waals surface area (Å²) in [6.07, 6.45) is 2.86. The zero-order valence-corrected chi connectivity index (χ0v) is 21.7. The smallest absolute Gasteiger partial charge is 0.410 e. The van der Waals surface area contributed by atoms with Gasteiger partial charge in [0.15, 0.2) is 0 Å². The number of piperidine rings is 1. The number of rotatable bonds is 4. The molecular formula is C26H29FN4O5S. The largest absolute Gasteiger partial charge is 0.450 e. The van der Waals surface area contributed by atoms with Crippen molar-refractivity contribution in [3.63, 3.8) is 0 Å². The summed E-state index contributed by atoms with van der Waals surface area (Å²) < 4.78 is 21.1. The fourth-order valence-electron chi connectivity index (χ4n) is 5.23. The number of hydrogen-bond acceptors (Lipinski definition) is 6. The standard InChI is InChI=1S/C26H29FN4O5S/c1-3-36-26(35)28-13-11-19-20(14-28)37-24-22(19)23(33)31(18-9-7-17(27)8-10-18)25(34)30(24)15-21(32)29-12-5-4-6-16(29)2/h7-10,16H,3-6,11-15H2,1-2H3/t16-/m1/s1. The molecule has 0 saturated carbocycles.